The number of piperidine rings is 1. The molecule has 0 bridgehead atoms. The van der Waals surface area contributed by atoms with Crippen LogP contribution in [0, 0.1) is 11.2 Å². The molecular formula is C13H14FNO2. The number of rotatable bonds is 1. The largest absolute Gasteiger partial charge is 0.296 e. The molecule has 4 heteroatoms. The van der Waals surface area contributed by atoms with Crippen LogP contribution in [0.1, 0.15) is 31.7 Å². The van der Waals surface area contributed by atoms with Crippen LogP contribution in [0.25, 0.3) is 0 Å². The van der Waals surface area contributed by atoms with E-state index < -0.39 is 23.1 Å². The fourth-order valence-electron chi connectivity index (χ4n) is 2.40. The third kappa shape index (κ3) is 2.07. The molecule has 1 fully saturated rings. The fourth-order valence-corrected chi connectivity index (χ4v) is 2.40. The Hall–Kier alpha value is -1.71. The van der Waals surface area contributed by atoms with Crippen molar-refractivity contribution in [3.63, 3.8) is 0 Å². The smallest absolute Gasteiger partial charge is 0.234 e. The molecule has 3 nitrogen and oxygen atoms in total. The van der Waals surface area contributed by atoms with Crippen LogP contribution in [0.5, 0.6) is 0 Å². The summed E-state index contributed by atoms with van der Waals surface area (Å²) in [5, 5.41) is 2.27. The molecule has 0 spiro atoms. The van der Waals surface area contributed by atoms with Gasteiger partial charge in [-0.2, -0.15) is 0 Å². The molecule has 0 radical (unpaired) electrons. The molecule has 1 aliphatic heterocycles. The average Bonchev–Trinajstić information content (AvgIpc) is 2.18. The van der Waals surface area contributed by atoms with E-state index in [0.717, 1.165) is 0 Å². The molecule has 0 aliphatic carbocycles. The molecule has 1 unspecified atom stereocenters. The van der Waals surface area contributed by atoms with Crippen molar-refractivity contribution in [2.75, 3.05) is 0 Å². The van der Waals surface area contributed by atoms with Crippen molar-refractivity contribution in [2.45, 2.75) is 26.2 Å². The second-order valence-electron chi connectivity index (χ2n) is 5.03. The van der Waals surface area contributed by atoms with Gasteiger partial charge in [-0.3, -0.25) is 14.9 Å². The molecule has 0 saturated carbocycles. The number of hydrogen-bond donors (Lipinski definition) is 1. The zero-order chi connectivity index (χ0) is 12.6. The molecule has 0 aromatic heterocycles. The van der Waals surface area contributed by atoms with Gasteiger partial charge in [0.2, 0.25) is 11.8 Å². The normalized spacial score (nSPS) is 23.4. The lowest BCUT2D eigenvalue weighted by atomic mass is 9.70. The van der Waals surface area contributed by atoms with E-state index in [4.69, 9.17) is 0 Å². The summed E-state index contributed by atoms with van der Waals surface area (Å²) in [7, 11) is 0. The average molecular weight is 235 g/mol. The number of hydrogen-bond acceptors (Lipinski definition) is 2. The third-order valence-electron chi connectivity index (χ3n) is 3.14. The molecule has 2 amide bonds. The summed E-state index contributed by atoms with van der Waals surface area (Å²) in [6.07, 6.45) is 0.220. The van der Waals surface area contributed by atoms with Gasteiger partial charge in [0.15, 0.2) is 0 Å². The standard InChI is InChI=1S/C13H14FNO2/c1-13(2)7-10(16)15-12(17)11(13)8-5-3-4-6-9(8)14/h3-6,11H,7H2,1-2H3,(H,15,16,17). The van der Waals surface area contributed by atoms with Crippen LogP contribution in [-0.2, 0) is 9.59 Å². The van der Waals surface area contributed by atoms with Crippen LogP contribution < -0.4 is 5.32 Å². The van der Waals surface area contributed by atoms with Gasteiger partial charge >= 0.3 is 0 Å². The van der Waals surface area contributed by atoms with Gasteiger partial charge in [0.25, 0.3) is 0 Å². The monoisotopic (exact) mass is 235 g/mol. The molecule has 1 N–H and O–H groups in total. The van der Waals surface area contributed by atoms with E-state index in [0.29, 0.717) is 5.56 Å². The van der Waals surface area contributed by atoms with Gasteiger partial charge in [-0.05, 0) is 11.5 Å². The summed E-state index contributed by atoms with van der Waals surface area (Å²) in [5.74, 6) is -1.75. The lowest BCUT2D eigenvalue weighted by Crippen LogP contribution is -2.48. The Bertz CT molecular complexity index is 482. The third-order valence-corrected chi connectivity index (χ3v) is 3.14. The second kappa shape index (κ2) is 3.95. The second-order valence-corrected chi connectivity index (χ2v) is 5.03. The predicted molar refractivity (Wildman–Crippen MR) is 60.7 cm³/mol. The molecule has 1 aromatic rings. The number of halogens is 1. The minimum Gasteiger partial charge on any atom is -0.296 e. The van der Waals surface area contributed by atoms with Crippen LogP contribution in [0.2, 0.25) is 0 Å². The minimum absolute atomic E-state index is 0.220. The summed E-state index contributed by atoms with van der Waals surface area (Å²) >= 11 is 0. The number of carbonyl (C=O) groups excluding carboxylic acids is 2. The lowest BCUT2D eigenvalue weighted by molar-refractivity contribution is -0.139. The molecule has 1 saturated heterocycles. The number of amides is 2. The molecular weight excluding hydrogens is 221 g/mol. The van der Waals surface area contributed by atoms with Gasteiger partial charge in [0, 0.05) is 12.0 Å². The van der Waals surface area contributed by atoms with Gasteiger partial charge in [-0.25, -0.2) is 4.39 Å². The maximum absolute atomic E-state index is 13.7. The molecule has 2 rings (SSSR count). The van der Waals surface area contributed by atoms with Gasteiger partial charge in [0.05, 0.1) is 5.92 Å². The molecule has 90 valence electrons. The van der Waals surface area contributed by atoms with Crippen LogP contribution in [0.3, 0.4) is 0 Å². The van der Waals surface area contributed by atoms with E-state index in [-0.39, 0.29) is 12.3 Å². The highest BCUT2D eigenvalue weighted by atomic mass is 19.1. The summed E-state index contributed by atoms with van der Waals surface area (Å²) in [5.41, 5.74) is -0.218. The number of nitrogens with one attached hydrogen (secondary N) is 1. The maximum atomic E-state index is 13.7. The van der Waals surface area contributed by atoms with Crippen LogP contribution >= 0.6 is 0 Å². The van der Waals surface area contributed by atoms with Crippen molar-refractivity contribution in [3.8, 4) is 0 Å². The first-order valence-electron chi connectivity index (χ1n) is 5.50. The molecule has 1 aliphatic rings. The SMILES string of the molecule is CC1(C)CC(=O)NC(=O)C1c1ccccc1F. The summed E-state index contributed by atoms with van der Waals surface area (Å²) < 4.78 is 13.7. The van der Waals surface area contributed by atoms with Crippen molar-refractivity contribution in [3.05, 3.63) is 35.6 Å². The maximum Gasteiger partial charge on any atom is 0.234 e. The lowest BCUT2D eigenvalue weighted by Gasteiger charge is -2.37. The highest BCUT2D eigenvalue weighted by Crippen LogP contribution is 2.41. The predicted octanol–water partition coefficient (Wildman–Crippen LogP) is 1.98. The van der Waals surface area contributed by atoms with Crippen LogP contribution in [0.15, 0.2) is 24.3 Å². The first kappa shape index (κ1) is 11.8. The van der Waals surface area contributed by atoms with Crippen molar-refractivity contribution in [2.24, 2.45) is 5.41 Å². The van der Waals surface area contributed by atoms with Gasteiger partial charge in [0.1, 0.15) is 5.82 Å². The number of imide groups is 1. The van der Waals surface area contributed by atoms with Crippen molar-refractivity contribution < 1.29 is 14.0 Å². The highest BCUT2D eigenvalue weighted by Gasteiger charge is 2.43. The molecule has 1 atom stereocenters. The molecule has 1 aromatic carbocycles. The topological polar surface area (TPSA) is 46.2 Å². The summed E-state index contributed by atoms with van der Waals surface area (Å²) in [6.45, 7) is 3.61. The first-order valence-corrected chi connectivity index (χ1v) is 5.50. The summed E-state index contributed by atoms with van der Waals surface area (Å²) in [6, 6.07) is 6.20. The minimum atomic E-state index is -0.624. The van der Waals surface area contributed by atoms with E-state index in [1.807, 2.05) is 0 Å². The first-order chi connectivity index (χ1) is 7.92. The molecule has 17 heavy (non-hydrogen) atoms. The summed E-state index contributed by atoms with van der Waals surface area (Å²) in [4.78, 5) is 23.2. The van der Waals surface area contributed by atoms with E-state index >= 15 is 0 Å². The van der Waals surface area contributed by atoms with E-state index in [1.54, 1.807) is 32.0 Å². The van der Waals surface area contributed by atoms with Crippen molar-refractivity contribution in [1.29, 1.82) is 0 Å². The van der Waals surface area contributed by atoms with Crippen molar-refractivity contribution in [1.82, 2.24) is 5.32 Å². The Morgan fingerprint density at radius 3 is 2.53 bits per heavy atom. The van der Waals surface area contributed by atoms with E-state index in [2.05, 4.69) is 5.32 Å². The van der Waals surface area contributed by atoms with E-state index in [9.17, 15) is 14.0 Å². The Kier molecular flexibility index (Phi) is 2.73. The Labute approximate surface area is 99.0 Å². The van der Waals surface area contributed by atoms with Crippen molar-refractivity contribution >= 4 is 11.8 Å². The van der Waals surface area contributed by atoms with E-state index in [1.165, 1.54) is 6.07 Å². The Morgan fingerprint density at radius 2 is 1.94 bits per heavy atom. The Balaban J connectivity index is 2.46. The fraction of sp³-hybridized carbons (Fsp3) is 0.385. The zero-order valence-corrected chi connectivity index (χ0v) is 9.79. The van der Waals surface area contributed by atoms with Gasteiger partial charge in [-0.1, -0.05) is 32.0 Å². The van der Waals surface area contributed by atoms with Crippen LogP contribution in [0.4, 0.5) is 4.39 Å². The Morgan fingerprint density at radius 1 is 1.29 bits per heavy atom. The van der Waals surface area contributed by atoms with Gasteiger partial charge in [-0.15, -0.1) is 0 Å². The van der Waals surface area contributed by atoms with Crippen LogP contribution in [-0.4, -0.2) is 11.8 Å². The quantitative estimate of drug-likeness (QED) is 0.756. The molecule has 1 heterocycles. The highest BCUT2D eigenvalue weighted by molar-refractivity contribution is 6.02. The van der Waals surface area contributed by atoms with Gasteiger partial charge < -0.3 is 0 Å². The number of benzene rings is 1. The zero-order valence-electron chi connectivity index (χ0n) is 9.79. The number of carbonyl (C=O) groups is 2.